The van der Waals surface area contributed by atoms with Gasteiger partial charge in [0.2, 0.25) is 0 Å². The van der Waals surface area contributed by atoms with Gasteiger partial charge in [0, 0.05) is 0 Å². The van der Waals surface area contributed by atoms with E-state index in [0.29, 0.717) is 11.0 Å². The summed E-state index contributed by atoms with van der Waals surface area (Å²) in [6.07, 6.45) is -1.18. The molecule has 0 rings (SSSR count). The number of carbonyl (C=O) groups is 3. The van der Waals surface area contributed by atoms with Gasteiger partial charge in [-0.2, -0.15) is 0 Å². The first-order chi connectivity index (χ1) is 8.03. The molecular weight excluding hydrogens is 278 g/mol. The van der Waals surface area contributed by atoms with Gasteiger partial charge in [-0.1, -0.05) is 0 Å². The SMILES string of the molecule is CC(C(=O)O)C(=O)OC(CC(=O)O)C[N+](C)(C)C.[Cl-]. The van der Waals surface area contributed by atoms with E-state index in [0.717, 1.165) is 0 Å². The van der Waals surface area contributed by atoms with Gasteiger partial charge >= 0.3 is 17.9 Å². The van der Waals surface area contributed by atoms with Gasteiger partial charge in [0.25, 0.3) is 0 Å². The molecule has 0 aromatic rings. The van der Waals surface area contributed by atoms with Crippen LogP contribution in [0.1, 0.15) is 13.3 Å². The third-order valence-corrected chi connectivity index (χ3v) is 2.16. The molecule has 0 aromatic heterocycles. The summed E-state index contributed by atoms with van der Waals surface area (Å²) in [5, 5.41) is 17.4. The Morgan fingerprint density at radius 3 is 1.95 bits per heavy atom. The molecule has 19 heavy (non-hydrogen) atoms. The number of quaternary nitrogens is 1. The van der Waals surface area contributed by atoms with Crippen LogP contribution in [0, 0.1) is 5.92 Å². The molecular formula is C11H20ClNO6. The Morgan fingerprint density at radius 1 is 1.16 bits per heavy atom. The average Bonchev–Trinajstić information content (AvgIpc) is 2.11. The molecule has 112 valence electrons. The fraction of sp³-hybridized carbons (Fsp3) is 0.727. The van der Waals surface area contributed by atoms with Crippen molar-refractivity contribution in [3.05, 3.63) is 0 Å². The van der Waals surface area contributed by atoms with Crippen LogP contribution in [0.4, 0.5) is 0 Å². The number of likely N-dealkylation sites (N-methyl/N-ethyl adjacent to an activating group) is 1. The van der Waals surface area contributed by atoms with Crippen LogP contribution in [0.3, 0.4) is 0 Å². The van der Waals surface area contributed by atoms with Crippen molar-refractivity contribution < 1.29 is 46.2 Å². The number of carbonyl (C=O) groups excluding carboxylic acids is 1. The van der Waals surface area contributed by atoms with E-state index >= 15 is 0 Å². The van der Waals surface area contributed by atoms with Crippen LogP contribution in [-0.4, -0.2) is 66.4 Å². The highest BCUT2D eigenvalue weighted by Crippen LogP contribution is 2.09. The summed E-state index contributed by atoms with van der Waals surface area (Å²) in [5.74, 6) is -4.60. The lowest BCUT2D eigenvalue weighted by atomic mass is 10.2. The van der Waals surface area contributed by atoms with Gasteiger partial charge in [0.15, 0.2) is 12.0 Å². The molecule has 0 fully saturated rings. The first-order valence-electron chi connectivity index (χ1n) is 5.48. The van der Waals surface area contributed by atoms with E-state index in [-0.39, 0.29) is 18.8 Å². The number of aliphatic carboxylic acids is 2. The highest BCUT2D eigenvalue weighted by Gasteiger charge is 2.29. The number of hydrogen-bond donors (Lipinski definition) is 2. The zero-order valence-corrected chi connectivity index (χ0v) is 12.2. The predicted octanol–water partition coefficient (Wildman–Crippen LogP) is -3.20. The zero-order chi connectivity index (χ0) is 14.5. The fourth-order valence-electron chi connectivity index (χ4n) is 1.32. The van der Waals surface area contributed by atoms with Crippen LogP contribution in [-0.2, 0) is 19.1 Å². The molecule has 0 bridgehead atoms. The van der Waals surface area contributed by atoms with E-state index in [2.05, 4.69) is 0 Å². The molecule has 0 spiro atoms. The predicted molar refractivity (Wildman–Crippen MR) is 61.8 cm³/mol. The van der Waals surface area contributed by atoms with Crippen LogP contribution in [0.5, 0.6) is 0 Å². The minimum Gasteiger partial charge on any atom is -1.00 e. The summed E-state index contributed by atoms with van der Waals surface area (Å²) in [5.41, 5.74) is 0. The molecule has 2 N–H and O–H groups in total. The molecule has 2 unspecified atom stereocenters. The van der Waals surface area contributed by atoms with Gasteiger partial charge in [-0.25, -0.2) is 0 Å². The molecule has 0 aliphatic carbocycles. The van der Waals surface area contributed by atoms with Crippen molar-refractivity contribution >= 4 is 17.9 Å². The van der Waals surface area contributed by atoms with Crippen molar-refractivity contribution in [2.75, 3.05) is 27.7 Å². The smallest absolute Gasteiger partial charge is 0.320 e. The number of carboxylic acid groups (broad SMARTS) is 2. The molecule has 0 aliphatic heterocycles. The number of halogens is 1. The Bertz CT molecular complexity index is 339. The second kappa shape index (κ2) is 7.96. The van der Waals surface area contributed by atoms with Gasteiger partial charge in [-0.3, -0.25) is 14.4 Å². The van der Waals surface area contributed by atoms with Crippen molar-refractivity contribution in [1.29, 1.82) is 0 Å². The molecule has 2 atom stereocenters. The lowest BCUT2D eigenvalue weighted by Gasteiger charge is -2.28. The largest absolute Gasteiger partial charge is 1.00 e. The molecule has 0 aromatic carbocycles. The van der Waals surface area contributed by atoms with E-state index in [1.54, 1.807) is 0 Å². The summed E-state index contributed by atoms with van der Waals surface area (Å²) >= 11 is 0. The third-order valence-electron chi connectivity index (χ3n) is 2.16. The van der Waals surface area contributed by atoms with Gasteiger partial charge in [0.05, 0.1) is 27.6 Å². The van der Waals surface area contributed by atoms with Gasteiger partial charge in [-0.15, -0.1) is 0 Å². The fourth-order valence-corrected chi connectivity index (χ4v) is 1.32. The van der Waals surface area contributed by atoms with Crippen molar-refractivity contribution in [3.63, 3.8) is 0 Å². The second-order valence-electron chi connectivity index (χ2n) is 5.19. The van der Waals surface area contributed by atoms with Crippen LogP contribution in [0.25, 0.3) is 0 Å². The van der Waals surface area contributed by atoms with Gasteiger partial charge in [0.1, 0.15) is 6.54 Å². The number of rotatable bonds is 7. The molecule has 0 aliphatic rings. The topological polar surface area (TPSA) is 101 Å². The molecule has 0 saturated carbocycles. The Kier molecular flexibility index (Phi) is 8.37. The van der Waals surface area contributed by atoms with Crippen molar-refractivity contribution in [3.8, 4) is 0 Å². The maximum Gasteiger partial charge on any atom is 0.320 e. The first-order valence-corrected chi connectivity index (χ1v) is 5.48. The number of esters is 1. The Morgan fingerprint density at radius 2 is 1.63 bits per heavy atom. The number of nitrogens with zero attached hydrogens (tertiary/aromatic N) is 1. The summed E-state index contributed by atoms with van der Waals surface area (Å²) < 4.78 is 5.35. The first kappa shape index (κ1) is 20.0. The monoisotopic (exact) mass is 297 g/mol. The maximum atomic E-state index is 11.5. The van der Waals surface area contributed by atoms with Crippen molar-refractivity contribution in [2.45, 2.75) is 19.4 Å². The molecule has 0 radical (unpaired) electrons. The minimum absolute atomic E-state index is 0. The molecule has 0 amide bonds. The quantitative estimate of drug-likeness (QED) is 0.292. The van der Waals surface area contributed by atoms with Crippen molar-refractivity contribution in [1.82, 2.24) is 0 Å². The second-order valence-corrected chi connectivity index (χ2v) is 5.19. The van der Waals surface area contributed by atoms with E-state index in [4.69, 9.17) is 14.9 Å². The van der Waals surface area contributed by atoms with Crippen LogP contribution in [0.2, 0.25) is 0 Å². The summed E-state index contributed by atoms with van der Waals surface area (Å²) in [7, 11) is 5.47. The normalized spacial score (nSPS) is 13.9. The molecule has 0 heterocycles. The van der Waals surface area contributed by atoms with E-state index in [1.807, 2.05) is 21.1 Å². The highest BCUT2D eigenvalue weighted by molar-refractivity contribution is 5.93. The molecule has 8 heteroatoms. The standard InChI is InChI=1S/C11H19NO6.ClH/c1-7(10(15)16)11(17)18-8(5-9(13)14)6-12(2,3)4;/h7-8H,5-6H2,1-4H3,(H-,13,14,15,16);1H. The van der Waals surface area contributed by atoms with Crippen LogP contribution in [0.15, 0.2) is 0 Å². The molecule has 7 nitrogen and oxygen atoms in total. The number of carboxylic acids is 2. The Hall–Kier alpha value is -1.34. The third kappa shape index (κ3) is 9.26. The van der Waals surface area contributed by atoms with Gasteiger partial charge in [-0.05, 0) is 6.92 Å². The Labute approximate surface area is 118 Å². The van der Waals surface area contributed by atoms with E-state index in [1.165, 1.54) is 6.92 Å². The van der Waals surface area contributed by atoms with Crippen molar-refractivity contribution in [2.24, 2.45) is 5.92 Å². The lowest BCUT2D eigenvalue weighted by molar-refractivity contribution is -0.873. The summed E-state index contributed by atoms with van der Waals surface area (Å²) in [6, 6.07) is 0. The average molecular weight is 298 g/mol. The number of ether oxygens (including phenoxy) is 1. The van der Waals surface area contributed by atoms with E-state index in [9.17, 15) is 14.4 Å². The van der Waals surface area contributed by atoms with Crippen LogP contribution >= 0.6 is 0 Å². The zero-order valence-electron chi connectivity index (χ0n) is 11.4. The minimum atomic E-state index is -1.30. The van der Waals surface area contributed by atoms with E-state index < -0.39 is 29.9 Å². The van der Waals surface area contributed by atoms with Gasteiger partial charge < -0.3 is 31.8 Å². The van der Waals surface area contributed by atoms with Crippen LogP contribution < -0.4 is 12.4 Å². The lowest BCUT2D eigenvalue weighted by Crippen LogP contribution is -3.00. The summed E-state index contributed by atoms with van der Waals surface area (Å²) in [6.45, 7) is 1.50. The molecule has 0 saturated heterocycles. The maximum absolute atomic E-state index is 11.5. The number of hydrogen-bond acceptors (Lipinski definition) is 4. The summed E-state index contributed by atoms with van der Waals surface area (Å²) in [4.78, 5) is 32.7. The highest BCUT2D eigenvalue weighted by atomic mass is 35.5. The Balaban J connectivity index is 0.